The highest BCUT2D eigenvalue weighted by atomic mass is 32.2. The molecule has 1 heterocycles. The highest BCUT2D eigenvalue weighted by Crippen LogP contribution is 2.22. The van der Waals surface area contributed by atoms with E-state index in [-0.39, 0.29) is 16.3 Å². The Kier molecular flexibility index (Phi) is 6.46. The van der Waals surface area contributed by atoms with Crippen LogP contribution in [0.2, 0.25) is 0 Å². The van der Waals surface area contributed by atoms with Gasteiger partial charge < -0.3 is 4.74 Å². The fourth-order valence-corrected chi connectivity index (χ4v) is 4.74. The number of carbonyl (C=O) groups is 1. The first-order valence-corrected chi connectivity index (χ1v) is 10.9. The van der Waals surface area contributed by atoms with Gasteiger partial charge in [-0.1, -0.05) is 25.0 Å². The normalized spacial score (nSPS) is 16.9. The zero-order valence-electron chi connectivity index (χ0n) is 15.8. The van der Waals surface area contributed by atoms with Gasteiger partial charge in [0.05, 0.1) is 10.5 Å². The SMILES string of the molecule is C[C@@H](OC(=O)c1ccc(S(=O)(=O)N2CCCCCC2)cc1)c1ccc(F)cc1. The topological polar surface area (TPSA) is 63.7 Å². The quantitative estimate of drug-likeness (QED) is 0.696. The molecule has 28 heavy (non-hydrogen) atoms. The third kappa shape index (κ3) is 4.77. The maximum atomic E-state index is 13.0. The van der Waals surface area contributed by atoms with Gasteiger partial charge in [0.15, 0.2) is 0 Å². The molecule has 1 aliphatic heterocycles. The highest BCUT2D eigenvalue weighted by Gasteiger charge is 2.25. The summed E-state index contributed by atoms with van der Waals surface area (Å²) in [6.07, 6.45) is 3.27. The Morgan fingerprint density at radius 1 is 0.964 bits per heavy atom. The summed E-state index contributed by atoms with van der Waals surface area (Å²) in [5.74, 6) is -0.918. The average molecular weight is 405 g/mol. The van der Waals surface area contributed by atoms with Crippen LogP contribution in [0.25, 0.3) is 0 Å². The van der Waals surface area contributed by atoms with E-state index in [4.69, 9.17) is 4.74 Å². The van der Waals surface area contributed by atoms with E-state index in [2.05, 4.69) is 0 Å². The van der Waals surface area contributed by atoms with Crippen LogP contribution in [-0.2, 0) is 14.8 Å². The summed E-state index contributed by atoms with van der Waals surface area (Å²) in [6.45, 7) is 2.76. The van der Waals surface area contributed by atoms with Crippen molar-refractivity contribution in [2.24, 2.45) is 0 Å². The van der Waals surface area contributed by atoms with Gasteiger partial charge in [0.1, 0.15) is 11.9 Å². The second-order valence-electron chi connectivity index (χ2n) is 6.94. The maximum Gasteiger partial charge on any atom is 0.338 e. The van der Waals surface area contributed by atoms with Gasteiger partial charge in [-0.25, -0.2) is 17.6 Å². The molecule has 0 saturated carbocycles. The summed E-state index contributed by atoms with van der Waals surface area (Å²) in [7, 11) is -3.55. The van der Waals surface area contributed by atoms with Crippen LogP contribution in [0.4, 0.5) is 4.39 Å². The number of hydrogen-bond acceptors (Lipinski definition) is 4. The Hall–Kier alpha value is -2.25. The van der Waals surface area contributed by atoms with Crippen LogP contribution in [0.3, 0.4) is 0 Å². The Balaban J connectivity index is 1.69. The third-order valence-corrected chi connectivity index (χ3v) is 6.83. The molecule has 0 spiro atoms. The third-order valence-electron chi connectivity index (χ3n) is 4.92. The number of rotatable bonds is 5. The summed E-state index contributed by atoms with van der Waals surface area (Å²) in [5.41, 5.74) is 0.943. The van der Waals surface area contributed by atoms with Crippen molar-refractivity contribution in [2.45, 2.75) is 43.6 Å². The molecular weight excluding hydrogens is 381 g/mol. The van der Waals surface area contributed by atoms with Gasteiger partial charge in [0.25, 0.3) is 0 Å². The minimum absolute atomic E-state index is 0.178. The van der Waals surface area contributed by atoms with Crippen molar-refractivity contribution in [3.63, 3.8) is 0 Å². The molecule has 3 rings (SSSR count). The van der Waals surface area contributed by atoms with Gasteiger partial charge >= 0.3 is 5.97 Å². The molecule has 0 aromatic heterocycles. The number of ether oxygens (including phenoxy) is 1. The molecule has 0 N–H and O–H groups in total. The van der Waals surface area contributed by atoms with E-state index in [0.29, 0.717) is 18.7 Å². The van der Waals surface area contributed by atoms with E-state index >= 15 is 0 Å². The zero-order chi connectivity index (χ0) is 20.1. The van der Waals surface area contributed by atoms with Gasteiger partial charge in [-0.3, -0.25) is 0 Å². The van der Waals surface area contributed by atoms with Crippen molar-refractivity contribution in [1.29, 1.82) is 0 Å². The van der Waals surface area contributed by atoms with Crippen molar-refractivity contribution in [3.05, 3.63) is 65.5 Å². The van der Waals surface area contributed by atoms with E-state index in [1.807, 2.05) is 0 Å². The predicted molar refractivity (Wildman–Crippen MR) is 104 cm³/mol. The number of hydrogen-bond donors (Lipinski definition) is 0. The lowest BCUT2D eigenvalue weighted by Crippen LogP contribution is -2.31. The summed E-state index contributed by atoms with van der Waals surface area (Å²) in [4.78, 5) is 12.5. The number of halogens is 1. The maximum absolute atomic E-state index is 13.0. The van der Waals surface area contributed by atoms with Crippen LogP contribution in [-0.4, -0.2) is 31.8 Å². The molecule has 1 saturated heterocycles. The molecule has 2 aromatic carbocycles. The minimum Gasteiger partial charge on any atom is -0.454 e. The van der Waals surface area contributed by atoms with Crippen LogP contribution in [0.1, 0.15) is 54.6 Å². The molecule has 0 radical (unpaired) electrons. The number of carbonyl (C=O) groups excluding carboxylic acids is 1. The zero-order valence-corrected chi connectivity index (χ0v) is 16.6. The molecule has 0 aliphatic carbocycles. The van der Waals surface area contributed by atoms with E-state index in [1.165, 1.54) is 40.7 Å². The lowest BCUT2D eigenvalue weighted by molar-refractivity contribution is 0.0337. The first-order chi connectivity index (χ1) is 13.4. The summed E-state index contributed by atoms with van der Waals surface area (Å²) < 4.78 is 45.5. The number of esters is 1. The largest absolute Gasteiger partial charge is 0.454 e. The van der Waals surface area contributed by atoms with Crippen molar-refractivity contribution >= 4 is 16.0 Å². The molecule has 0 unspecified atom stereocenters. The van der Waals surface area contributed by atoms with Gasteiger partial charge in [0, 0.05) is 13.1 Å². The van der Waals surface area contributed by atoms with Crippen LogP contribution in [0, 0.1) is 5.82 Å². The van der Waals surface area contributed by atoms with Crippen LogP contribution >= 0.6 is 0 Å². The summed E-state index contributed by atoms with van der Waals surface area (Å²) >= 11 is 0. The Morgan fingerprint density at radius 3 is 2.11 bits per heavy atom. The molecular formula is C21H24FNO4S. The van der Waals surface area contributed by atoms with E-state index < -0.39 is 22.1 Å². The monoisotopic (exact) mass is 405 g/mol. The molecule has 1 aliphatic rings. The average Bonchev–Trinajstić information content (AvgIpc) is 2.98. The first-order valence-electron chi connectivity index (χ1n) is 9.44. The second kappa shape index (κ2) is 8.84. The van der Waals surface area contributed by atoms with E-state index in [9.17, 15) is 17.6 Å². The van der Waals surface area contributed by atoms with Crippen LogP contribution in [0.5, 0.6) is 0 Å². The molecule has 1 atom stereocenters. The Bertz CT molecular complexity index is 902. The van der Waals surface area contributed by atoms with Crippen LogP contribution in [0.15, 0.2) is 53.4 Å². The first kappa shape index (κ1) is 20.5. The number of sulfonamides is 1. The number of benzene rings is 2. The molecule has 150 valence electrons. The molecule has 7 heteroatoms. The predicted octanol–water partition coefficient (Wildman–Crippen LogP) is 4.31. The van der Waals surface area contributed by atoms with Gasteiger partial charge in [0.2, 0.25) is 10.0 Å². The van der Waals surface area contributed by atoms with Crippen molar-refractivity contribution in [1.82, 2.24) is 4.31 Å². The lowest BCUT2D eigenvalue weighted by Gasteiger charge is -2.20. The van der Waals surface area contributed by atoms with Gasteiger partial charge in [-0.05, 0) is 61.7 Å². The van der Waals surface area contributed by atoms with Crippen molar-refractivity contribution < 1.29 is 22.3 Å². The molecule has 0 amide bonds. The van der Waals surface area contributed by atoms with E-state index in [0.717, 1.165) is 25.7 Å². The van der Waals surface area contributed by atoms with Crippen molar-refractivity contribution in [2.75, 3.05) is 13.1 Å². The second-order valence-corrected chi connectivity index (χ2v) is 8.88. The molecule has 2 aromatic rings. The molecule has 0 bridgehead atoms. The van der Waals surface area contributed by atoms with Crippen LogP contribution < -0.4 is 0 Å². The number of nitrogens with zero attached hydrogens (tertiary/aromatic N) is 1. The minimum atomic E-state index is -3.55. The Labute approximate surface area is 165 Å². The smallest absolute Gasteiger partial charge is 0.338 e. The summed E-state index contributed by atoms with van der Waals surface area (Å²) in [6, 6.07) is 11.5. The highest BCUT2D eigenvalue weighted by molar-refractivity contribution is 7.89. The summed E-state index contributed by atoms with van der Waals surface area (Å²) in [5, 5.41) is 0. The van der Waals surface area contributed by atoms with Gasteiger partial charge in [-0.2, -0.15) is 4.31 Å². The molecule has 5 nitrogen and oxygen atoms in total. The molecule has 1 fully saturated rings. The fraction of sp³-hybridized carbons (Fsp3) is 0.381. The lowest BCUT2D eigenvalue weighted by atomic mass is 10.1. The fourth-order valence-electron chi connectivity index (χ4n) is 3.22. The van der Waals surface area contributed by atoms with E-state index in [1.54, 1.807) is 19.1 Å². The Morgan fingerprint density at radius 2 is 1.54 bits per heavy atom. The van der Waals surface area contributed by atoms with Gasteiger partial charge in [-0.15, -0.1) is 0 Å². The van der Waals surface area contributed by atoms with Crippen molar-refractivity contribution in [3.8, 4) is 0 Å². The standard InChI is InChI=1S/C21H24FNO4S/c1-16(17-6-10-19(22)11-7-17)27-21(24)18-8-12-20(13-9-18)28(25,26)23-14-4-2-3-5-15-23/h6-13,16H,2-5,14-15H2,1H3/t16-/m1/s1.